The van der Waals surface area contributed by atoms with E-state index in [4.69, 9.17) is 4.84 Å². The number of likely N-dealkylation sites (N-methyl/N-ethyl adjacent to an activating group) is 1. The molecule has 3 heterocycles. The summed E-state index contributed by atoms with van der Waals surface area (Å²) in [5.41, 5.74) is 0. The van der Waals surface area contributed by atoms with E-state index in [1.807, 2.05) is 23.6 Å². The van der Waals surface area contributed by atoms with Crippen LogP contribution in [0.25, 0.3) is 0 Å². The molecule has 0 aromatic carbocycles. The molecule has 3 aliphatic heterocycles. The minimum atomic E-state index is -0.568. The third-order valence-electron chi connectivity index (χ3n) is 6.53. The first-order valence-electron chi connectivity index (χ1n) is 12.2. The van der Waals surface area contributed by atoms with E-state index in [0.29, 0.717) is 29.6 Å². The largest absolute Gasteiger partial charge is 0.333 e. The van der Waals surface area contributed by atoms with Crippen LogP contribution in [-0.4, -0.2) is 69.2 Å². The van der Waals surface area contributed by atoms with Crippen molar-refractivity contribution in [3.05, 3.63) is 0 Å². The number of nitrogens with one attached hydrogen (secondary N) is 1. The topological polar surface area (TPSA) is 113 Å². The fourth-order valence-corrected chi connectivity index (χ4v) is 6.36. The number of fused-ring (bicyclic) bond motifs is 1. The number of nitrogens with zero attached hydrogens (tertiary/aromatic N) is 2. The summed E-state index contributed by atoms with van der Waals surface area (Å²) in [5, 5.41) is 4.11. The van der Waals surface area contributed by atoms with Crippen LogP contribution in [0.3, 0.4) is 0 Å². The molecule has 4 amide bonds. The number of carbonyl (C=O) groups is 5. The number of ketones is 1. The quantitative estimate of drug-likeness (QED) is 0.230. The Balaban J connectivity index is 1.18. The average Bonchev–Trinajstić information content (AvgIpc) is 3.42. The van der Waals surface area contributed by atoms with E-state index in [1.54, 1.807) is 0 Å². The molecule has 3 fully saturated rings. The molecule has 9 nitrogen and oxygen atoms in total. The van der Waals surface area contributed by atoms with E-state index in [-0.39, 0.29) is 43.2 Å². The minimum Gasteiger partial charge on any atom is -0.332 e. The van der Waals surface area contributed by atoms with Crippen molar-refractivity contribution in [1.82, 2.24) is 15.3 Å². The fourth-order valence-electron chi connectivity index (χ4n) is 4.76. The van der Waals surface area contributed by atoms with Crippen molar-refractivity contribution in [2.24, 2.45) is 0 Å². The summed E-state index contributed by atoms with van der Waals surface area (Å²) >= 11 is 1.94. The highest BCUT2D eigenvalue weighted by molar-refractivity contribution is 8.00. The van der Waals surface area contributed by atoms with Crippen molar-refractivity contribution >= 4 is 41.4 Å². The number of hydroxylamine groups is 2. The van der Waals surface area contributed by atoms with Crippen LogP contribution >= 0.6 is 11.8 Å². The predicted octanol–water partition coefficient (Wildman–Crippen LogP) is 2.96. The normalized spacial score (nSPS) is 24.4. The van der Waals surface area contributed by atoms with Crippen LogP contribution in [0.4, 0.5) is 4.79 Å². The van der Waals surface area contributed by atoms with E-state index >= 15 is 0 Å². The summed E-state index contributed by atoms with van der Waals surface area (Å²) in [6.07, 6.45) is 7.50. The lowest BCUT2D eigenvalue weighted by atomic mass is 10.00. The van der Waals surface area contributed by atoms with Gasteiger partial charge in [-0.15, -0.1) is 5.06 Å². The van der Waals surface area contributed by atoms with Gasteiger partial charge >= 0.3 is 12.0 Å². The van der Waals surface area contributed by atoms with Crippen molar-refractivity contribution in [3.8, 4) is 0 Å². The minimum absolute atomic E-state index is 0.0571. The number of imide groups is 1. The Morgan fingerprint density at radius 1 is 0.970 bits per heavy atom. The Hall–Kier alpha value is -2.10. The number of amides is 4. The first kappa shape index (κ1) is 25.5. The lowest BCUT2D eigenvalue weighted by molar-refractivity contribution is -0.197. The molecule has 3 rings (SSSR count). The molecule has 0 unspecified atom stereocenters. The molecule has 1 N–H and O–H groups in total. The van der Waals surface area contributed by atoms with Gasteiger partial charge in [0.1, 0.15) is 5.78 Å². The lowest BCUT2D eigenvalue weighted by Gasteiger charge is -2.26. The highest BCUT2D eigenvalue weighted by atomic mass is 32.2. The molecule has 10 heteroatoms. The zero-order valence-electron chi connectivity index (χ0n) is 19.4. The van der Waals surface area contributed by atoms with E-state index < -0.39 is 17.8 Å². The van der Waals surface area contributed by atoms with Crippen LogP contribution in [0.15, 0.2) is 0 Å². The first-order valence-corrected chi connectivity index (χ1v) is 13.2. The monoisotopic (exact) mass is 481 g/mol. The summed E-state index contributed by atoms with van der Waals surface area (Å²) in [4.78, 5) is 65.5. The maximum absolute atomic E-state index is 12.1. The number of carbonyl (C=O) groups excluding carboxylic acids is 5. The number of unbranched alkanes of at least 4 members (excludes halogenated alkanes) is 4. The van der Waals surface area contributed by atoms with Crippen molar-refractivity contribution in [1.29, 1.82) is 0 Å². The van der Waals surface area contributed by atoms with Crippen molar-refractivity contribution in [2.75, 3.05) is 12.3 Å². The average molecular weight is 482 g/mol. The van der Waals surface area contributed by atoms with Crippen molar-refractivity contribution < 1.29 is 28.8 Å². The summed E-state index contributed by atoms with van der Waals surface area (Å²) < 4.78 is 0. The summed E-state index contributed by atoms with van der Waals surface area (Å²) in [6.45, 7) is 2.76. The van der Waals surface area contributed by atoms with E-state index in [9.17, 15) is 24.0 Å². The molecule has 33 heavy (non-hydrogen) atoms. The number of hydrogen-bond donors (Lipinski definition) is 1. The Kier molecular flexibility index (Phi) is 9.58. The molecule has 3 saturated heterocycles. The van der Waals surface area contributed by atoms with E-state index in [2.05, 4.69) is 5.32 Å². The van der Waals surface area contributed by atoms with Crippen molar-refractivity contribution in [3.63, 3.8) is 0 Å². The van der Waals surface area contributed by atoms with Crippen LogP contribution < -0.4 is 5.32 Å². The molecule has 0 bridgehead atoms. The molecule has 0 radical (unpaired) electrons. The molecular weight excluding hydrogens is 446 g/mol. The van der Waals surface area contributed by atoms with Crippen LogP contribution in [0.5, 0.6) is 0 Å². The zero-order chi connectivity index (χ0) is 23.8. The predicted molar refractivity (Wildman–Crippen MR) is 123 cm³/mol. The van der Waals surface area contributed by atoms with Crippen LogP contribution in [0.2, 0.25) is 0 Å². The summed E-state index contributed by atoms with van der Waals surface area (Å²) in [7, 11) is 0. The number of thioether (sulfide) groups is 1. The first-order chi connectivity index (χ1) is 15.9. The van der Waals surface area contributed by atoms with Gasteiger partial charge < -0.3 is 15.1 Å². The number of rotatable bonds is 14. The number of Topliss-reactive ketones (excluding diaryl/α,β-unsaturated/α-hetero) is 1. The standard InChI is InChI=1S/C23H35N3O6S/c1-2-25-22-17(24-23(25)31)15-33-18(22)11-8-7-10-16(27)9-5-3-4-6-12-21(30)32-26-19(28)13-14-20(26)29/h17-18,22H,2-15H2,1H3,(H,24,31)/t17-,18-,22-/m0/s1. The molecule has 0 aromatic heterocycles. The molecule has 184 valence electrons. The fraction of sp³-hybridized carbons (Fsp3) is 0.783. The maximum atomic E-state index is 12.1. The van der Waals surface area contributed by atoms with Gasteiger partial charge in [-0.2, -0.15) is 11.8 Å². The van der Waals surface area contributed by atoms with Gasteiger partial charge in [0.15, 0.2) is 0 Å². The SMILES string of the molecule is CCN1C(=O)N[C@H]2CS[C@@H](CCCCC(=O)CCCCCCC(=O)ON3C(=O)CCC3=O)[C@H]21. The lowest BCUT2D eigenvalue weighted by Crippen LogP contribution is -2.40. The molecule has 3 aliphatic rings. The summed E-state index contributed by atoms with van der Waals surface area (Å²) in [6, 6.07) is 0.611. The van der Waals surface area contributed by atoms with Gasteiger partial charge in [0, 0.05) is 49.7 Å². The van der Waals surface area contributed by atoms with E-state index in [0.717, 1.165) is 50.8 Å². The van der Waals surface area contributed by atoms with Gasteiger partial charge in [-0.25, -0.2) is 9.59 Å². The van der Waals surface area contributed by atoms with Gasteiger partial charge in [-0.3, -0.25) is 14.4 Å². The second kappa shape index (κ2) is 12.4. The third kappa shape index (κ3) is 6.94. The van der Waals surface area contributed by atoms with Crippen LogP contribution in [-0.2, 0) is 24.0 Å². The third-order valence-corrected chi connectivity index (χ3v) is 8.03. The Bertz CT molecular complexity index is 744. The van der Waals surface area contributed by atoms with Gasteiger partial charge in [0.25, 0.3) is 11.8 Å². The van der Waals surface area contributed by atoms with Crippen LogP contribution in [0, 0.1) is 0 Å². The van der Waals surface area contributed by atoms with E-state index in [1.165, 1.54) is 0 Å². The van der Waals surface area contributed by atoms with Gasteiger partial charge in [0.05, 0.1) is 12.1 Å². The molecule has 0 aliphatic carbocycles. The second-order valence-corrected chi connectivity index (χ2v) is 10.2. The maximum Gasteiger partial charge on any atom is 0.333 e. The number of hydrogen-bond acceptors (Lipinski definition) is 7. The Labute approximate surface area is 199 Å². The highest BCUT2D eigenvalue weighted by Crippen LogP contribution is 2.37. The second-order valence-electron chi connectivity index (χ2n) is 8.95. The Morgan fingerprint density at radius 3 is 2.27 bits per heavy atom. The zero-order valence-corrected chi connectivity index (χ0v) is 20.2. The molecular formula is C23H35N3O6S. The van der Waals surface area contributed by atoms with Gasteiger partial charge in [0.2, 0.25) is 0 Å². The molecule has 3 atom stereocenters. The smallest absolute Gasteiger partial charge is 0.332 e. The number of urea groups is 1. The van der Waals surface area contributed by atoms with Gasteiger partial charge in [-0.1, -0.05) is 19.3 Å². The van der Waals surface area contributed by atoms with Gasteiger partial charge in [-0.05, 0) is 32.6 Å². The van der Waals surface area contributed by atoms with Crippen molar-refractivity contribution in [2.45, 2.75) is 101 Å². The summed E-state index contributed by atoms with van der Waals surface area (Å²) in [5.74, 6) is -0.243. The molecule has 0 spiro atoms. The highest BCUT2D eigenvalue weighted by Gasteiger charge is 2.47. The van der Waals surface area contributed by atoms with Crippen LogP contribution in [0.1, 0.15) is 84.0 Å². The molecule has 0 saturated carbocycles. The Morgan fingerprint density at radius 2 is 1.61 bits per heavy atom. The molecule has 0 aromatic rings.